The van der Waals surface area contributed by atoms with Crippen molar-refractivity contribution in [1.82, 2.24) is 0 Å². The summed E-state index contributed by atoms with van der Waals surface area (Å²) in [5.74, 6) is -0.300. The lowest BCUT2D eigenvalue weighted by atomic mass is 10.1. The first-order valence-electron chi connectivity index (χ1n) is 5.45. The van der Waals surface area contributed by atoms with E-state index in [-0.39, 0.29) is 5.82 Å². The van der Waals surface area contributed by atoms with Gasteiger partial charge in [0.1, 0.15) is 5.82 Å². The molecule has 17 heavy (non-hydrogen) atoms. The van der Waals surface area contributed by atoms with Crippen LogP contribution in [0, 0.1) is 19.7 Å². The largest absolute Gasteiger partial charge is 0.397 e. The lowest BCUT2D eigenvalue weighted by molar-refractivity contribution is 0.628. The normalized spacial score (nSPS) is 10.3. The highest BCUT2D eigenvalue weighted by molar-refractivity contribution is 5.72. The van der Waals surface area contributed by atoms with Crippen molar-refractivity contribution in [2.45, 2.75) is 13.8 Å². The standard InChI is InChI=1S/C14H15FN2/c1-9-5-10(2)7-12(6-9)17-14-8-11(15)3-4-13(14)16/h3-8,17H,16H2,1-2H3. The van der Waals surface area contributed by atoms with Crippen LogP contribution in [0.5, 0.6) is 0 Å². The van der Waals surface area contributed by atoms with Gasteiger partial charge in [-0.25, -0.2) is 4.39 Å². The predicted octanol–water partition coefficient (Wildman–Crippen LogP) is 3.77. The second-order valence-corrected chi connectivity index (χ2v) is 4.23. The van der Waals surface area contributed by atoms with Crippen LogP contribution in [0.25, 0.3) is 0 Å². The average molecular weight is 230 g/mol. The van der Waals surface area contributed by atoms with E-state index in [1.807, 2.05) is 26.0 Å². The highest BCUT2D eigenvalue weighted by Gasteiger charge is 2.02. The van der Waals surface area contributed by atoms with Gasteiger partial charge in [0.15, 0.2) is 0 Å². The van der Waals surface area contributed by atoms with Crippen molar-refractivity contribution in [2.75, 3.05) is 11.1 Å². The second kappa shape index (κ2) is 4.45. The Morgan fingerprint density at radius 2 is 1.65 bits per heavy atom. The molecule has 0 saturated carbocycles. The molecule has 0 atom stereocenters. The van der Waals surface area contributed by atoms with Crippen LogP contribution in [-0.2, 0) is 0 Å². The molecule has 0 radical (unpaired) electrons. The van der Waals surface area contributed by atoms with Gasteiger partial charge in [0.2, 0.25) is 0 Å². The van der Waals surface area contributed by atoms with E-state index in [4.69, 9.17) is 5.73 Å². The number of hydrogen-bond donors (Lipinski definition) is 2. The Labute approximate surface area is 100 Å². The van der Waals surface area contributed by atoms with Gasteiger partial charge in [-0.15, -0.1) is 0 Å². The minimum atomic E-state index is -0.300. The quantitative estimate of drug-likeness (QED) is 0.771. The first kappa shape index (κ1) is 11.5. The molecule has 0 aromatic heterocycles. The third kappa shape index (κ3) is 2.75. The molecule has 0 bridgehead atoms. The van der Waals surface area contributed by atoms with Gasteiger partial charge in [-0.05, 0) is 55.3 Å². The number of rotatable bonds is 2. The number of halogens is 1. The van der Waals surface area contributed by atoms with E-state index in [1.165, 1.54) is 12.1 Å². The number of hydrogen-bond acceptors (Lipinski definition) is 2. The average Bonchev–Trinajstić information content (AvgIpc) is 2.22. The highest BCUT2D eigenvalue weighted by Crippen LogP contribution is 2.25. The molecule has 0 unspecified atom stereocenters. The first-order valence-corrected chi connectivity index (χ1v) is 5.45. The maximum atomic E-state index is 13.1. The van der Waals surface area contributed by atoms with E-state index < -0.39 is 0 Å². The zero-order valence-electron chi connectivity index (χ0n) is 9.92. The Hall–Kier alpha value is -2.03. The van der Waals surface area contributed by atoms with Crippen LogP contribution in [0.15, 0.2) is 36.4 Å². The molecule has 0 aliphatic carbocycles. The number of nitrogen functional groups attached to an aromatic ring is 1. The summed E-state index contributed by atoms with van der Waals surface area (Å²) in [7, 11) is 0. The highest BCUT2D eigenvalue weighted by atomic mass is 19.1. The summed E-state index contributed by atoms with van der Waals surface area (Å²) in [5, 5.41) is 3.13. The summed E-state index contributed by atoms with van der Waals surface area (Å²) in [6.45, 7) is 4.04. The molecule has 0 aliphatic heterocycles. The van der Waals surface area contributed by atoms with Gasteiger partial charge >= 0.3 is 0 Å². The number of aryl methyl sites for hydroxylation is 2. The summed E-state index contributed by atoms with van der Waals surface area (Å²) in [6.07, 6.45) is 0. The third-order valence-electron chi connectivity index (χ3n) is 2.52. The van der Waals surface area contributed by atoms with E-state index in [1.54, 1.807) is 6.07 Å². The zero-order chi connectivity index (χ0) is 12.4. The lowest BCUT2D eigenvalue weighted by Crippen LogP contribution is -1.97. The predicted molar refractivity (Wildman–Crippen MR) is 70.0 cm³/mol. The molecule has 88 valence electrons. The molecule has 0 saturated heterocycles. The van der Waals surface area contributed by atoms with Crippen molar-refractivity contribution in [1.29, 1.82) is 0 Å². The van der Waals surface area contributed by atoms with Crippen LogP contribution in [0.3, 0.4) is 0 Å². The van der Waals surface area contributed by atoms with Crippen LogP contribution in [0.4, 0.5) is 21.5 Å². The number of anilines is 3. The van der Waals surface area contributed by atoms with Gasteiger partial charge in [0.05, 0.1) is 11.4 Å². The zero-order valence-corrected chi connectivity index (χ0v) is 9.92. The van der Waals surface area contributed by atoms with Crippen molar-refractivity contribution in [3.05, 3.63) is 53.3 Å². The SMILES string of the molecule is Cc1cc(C)cc(Nc2cc(F)ccc2N)c1. The van der Waals surface area contributed by atoms with Crippen molar-refractivity contribution >= 4 is 17.1 Å². The topological polar surface area (TPSA) is 38.0 Å². The Bertz CT molecular complexity index is 530. The fraction of sp³-hybridized carbons (Fsp3) is 0.143. The minimum Gasteiger partial charge on any atom is -0.397 e. The van der Waals surface area contributed by atoms with Crippen LogP contribution >= 0.6 is 0 Å². The first-order chi connectivity index (χ1) is 8.04. The van der Waals surface area contributed by atoms with E-state index in [0.29, 0.717) is 11.4 Å². The van der Waals surface area contributed by atoms with E-state index >= 15 is 0 Å². The Morgan fingerprint density at radius 1 is 1.00 bits per heavy atom. The smallest absolute Gasteiger partial charge is 0.125 e. The fourth-order valence-corrected chi connectivity index (χ4v) is 1.84. The van der Waals surface area contributed by atoms with Crippen molar-refractivity contribution in [3.63, 3.8) is 0 Å². The summed E-state index contributed by atoms with van der Waals surface area (Å²) >= 11 is 0. The Balaban J connectivity index is 2.34. The molecule has 3 heteroatoms. The molecule has 0 spiro atoms. The summed E-state index contributed by atoms with van der Waals surface area (Å²) < 4.78 is 13.1. The van der Waals surface area contributed by atoms with Crippen molar-refractivity contribution in [3.8, 4) is 0 Å². The van der Waals surface area contributed by atoms with E-state index in [2.05, 4.69) is 11.4 Å². The number of nitrogens with one attached hydrogen (secondary N) is 1. The van der Waals surface area contributed by atoms with Crippen LogP contribution < -0.4 is 11.1 Å². The van der Waals surface area contributed by atoms with Gasteiger partial charge in [0, 0.05) is 5.69 Å². The molecule has 2 aromatic rings. The van der Waals surface area contributed by atoms with Crippen molar-refractivity contribution in [2.24, 2.45) is 0 Å². The van der Waals surface area contributed by atoms with Gasteiger partial charge in [-0.1, -0.05) is 6.07 Å². The van der Waals surface area contributed by atoms with Crippen LogP contribution in [0.2, 0.25) is 0 Å². The van der Waals surface area contributed by atoms with Gasteiger partial charge in [0.25, 0.3) is 0 Å². The Kier molecular flexibility index (Phi) is 3.00. The second-order valence-electron chi connectivity index (χ2n) is 4.23. The van der Waals surface area contributed by atoms with Gasteiger partial charge in [-0.3, -0.25) is 0 Å². The molecule has 2 nitrogen and oxygen atoms in total. The molecule has 2 aromatic carbocycles. The number of benzene rings is 2. The van der Waals surface area contributed by atoms with Crippen LogP contribution in [-0.4, -0.2) is 0 Å². The molecule has 0 aliphatic rings. The molecule has 3 N–H and O–H groups in total. The molecule has 0 fully saturated rings. The monoisotopic (exact) mass is 230 g/mol. The van der Waals surface area contributed by atoms with E-state index in [9.17, 15) is 4.39 Å². The molecule has 2 rings (SSSR count). The van der Waals surface area contributed by atoms with Crippen molar-refractivity contribution < 1.29 is 4.39 Å². The minimum absolute atomic E-state index is 0.300. The molecule has 0 amide bonds. The summed E-state index contributed by atoms with van der Waals surface area (Å²) in [4.78, 5) is 0. The maximum Gasteiger partial charge on any atom is 0.125 e. The summed E-state index contributed by atoms with van der Waals surface area (Å²) in [6, 6.07) is 10.4. The Morgan fingerprint density at radius 3 is 2.29 bits per heavy atom. The van der Waals surface area contributed by atoms with Gasteiger partial charge in [-0.2, -0.15) is 0 Å². The summed E-state index contributed by atoms with van der Waals surface area (Å²) in [5.41, 5.74) is 10.1. The van der Waals surface area contributed by atoms with E-state index in [0.717, 1.165) is 16.8 Å². The molecule has 0 heterocycles. The lowest BCUT2D eigenvalue weighted by Gasteiger charge is -2.11. The fourth-order valence-electron chi connectivity index (χ4n) is 1.84. The molecular weight excluding hydrogens is 215 g/mol. The van der Waals surface area contributed by atoms with Gasteiger partial charge < -0.3 is 11.1 Å². The maximum absolute atomic E-state index is 13.1. The molecular formula is C14H15FN2. The van der Waals surface area contributed by atoms with Crippen LogP contribution in [0.1, 0.15) is 11.1 Å². The number of nitrogens with two attached hydrogens (primary N) is 1. The third-order valence-corrected chi connectivity index (χ3v) is 2.52.